The molecule has 16 heavy (non-hydrogen) atoms. The van der Waals surface area contributed by atoms with Gasteiger partial charge in [0.25, 0.3) is 0 Å². The van der Waals surface area contributed by atoms with Crippen molar-refractivity contribution in [1.29, 1.82) is 0 Å². The van der Waals surface area contributed by atoms with Crippen molar-refractivity contribution in [2.45, 2.75) is 32.7 Å². The fourth-order valence-corrected chi connectivity index (χ4v) is 2.52. The second-order valence-electron chi connectivity index (χ2n) is 4.67. The standard InChI is InChI=1S/C11H22N2OS.ClH/c1-9(7-15-3)13-10(14)11(2)5-4-6-12-8-11;/h9,12H,4-8H2,1-3H3,(H,13,14);1H. The van der Waals surface area contributed by atoms with Gasteiger partial charge in [0.05, 0.1) is 5.41 Å². The van der Waals surface area contributed by atoms with Crippen molar-refractivity contribution in [2.24, 2.45) is 5.41 Å². The van der Waals surface area contributed by atoms with Gasteiger partial charge in [-0.15, -0.1) is 12.4 Å². The first-order valence-corrected chi connectivity index (χ1v) is 6.98. The van der Waals surface area contributed by atoms with Crippen LogP contribution < -0.4 is 10.6 Å². The van der Waals surface area contributed by atoms with E-state index in [1.807, 2.05) is 0 Å². The van der Waals surface area contributed by atoms with Gasteiger partial charge in [-0.05, 0) is 39.5 Å². The van der Waals surface area contributed by atoms with Gasteiger partial charge >= 0.3 is 0 Å². The van der Waals surface area contributed by atoms with Crippen LogP contribution in [0.3, 0.4) is 0 Å². The summed E-state index contributed by atoms with van der Waals surface area (Å²) in [6.45, 7) is 5.97. The van der Waals surface area contributed by atoms with E-state index < -0.39 is 0 Å². The van der Waals surface area contributed by atoms with Gasteiger partial charge in [0, 0.05) is 18.3 Å². The molecule has 0 spiro atoms. The van der Waals surface area contributed by atoms with E-state index in [1.54, 1.807) is 11.8 Å². The average molecular weight is 267 g/mol. The Bertz CT molecular complexity index is 220. The third kappa shape index (κ3) is 4.52. The van der Waals surface area contributed by atoms with Crippen molar-refractivity contribution in [1.82, 2.24) is 10.6 Å². The smallest absolute Gasteiger partial charge is 0.227 e. The van der Waals surface area contributed by atoms with Crippen molar-refractivity contribution in [2.75, 3.05) is 25.1 Å². The zero-order valence-electron chi connectivity index (χ0n) is 10.3. The van der Waals surface area contributed by atoms with Gasteiger partial charge in [-0.3, -0.25) is 4.79 Å². The third-order valence-electron chi connectivity index (χ3n) is 2.94. The van der Waals surface area contributed by atoms with E-state index in [2.05, 4.69) is 30.7 Å². The first-order valence-electron chi connectivity index (χ1n) is 5.59. The van der Waals surface area contributed by atoms with Crippen LogP contribution in [0.5, 0.6) is 0 Å². The summed E-state index contributed by atoms with van der Waals surface area (Å²) in [5.41, 5.74) is -0.203. The number of carbonyl (C=O) groups is 1. The highest BCUT2D eigenvalue weighted by molar-refractivity contribution is 7.98. The van der Waals surface area contributed by atoms with Crippen LogP contribution in [0.25, 0.3) is 0 Å². The summed E-state index contributed by atoms with van der Waals surface area (Å²) in [6.07, 6.45) is 4.16. The summed E-state index contributed by atoms with van der Waals surface area (Å²) in [7, 11) is 0. The van der Waals surface area contributed by atoms with E-state index in [4.69, 9.17) is 0 Å². The van der Waals surface area contributed by atoms with Crippen LogP contribution in [-0.2, 0) is 4.79 Å². The highest BCUT2D eigenvalue weighted by Gasteiger charge is 2.34. The fourth-order valence-electron chi connectivity index (χ4n) is 1.94. The molecule has 3 nitrogen and oxygen atoms in total. The highest BCUT2D eigenvalue weighted by Crippen LogP contribution is 2.25. The monoisotopic (exact) mass is 266 g/mol. The Balaban J connectivity index is 0.00000225. The van der Waals surface area contributed by atoms with Gasteiger partial charge in [0.15, 0.2) is 0 Å². The Labute approximate surface area is 109 Å². The molecule has 2 unspecified atom stereocenters. The van der Waals surface area contributed by atoms with Gasteiger partial charge in [-0.25, -0.2) is 0 Å². The van der Waals surface area contributed by atoms with Crippen molar-refractivity contribution in [3.8, 4) is 0 Å². The van der Waals surface area contributed by atoms with Crippen LogP contribution in [0, 0.1) is 5.41 Å². The molecule has 0 aromatic carbocycles. The van der Waals surface area contributed by atoms with E-state index >= 15 is 0 Å². The summed E-state index contributed by atoms with van der Waals surface area (Å²) in [5, 5.41) is 6.39. The minimum atomic E-state index is -0.203. The number of amides is 1. The number of rotatable bonds is 4. The Kier molecular flexibility index (Phi) is 7.44. The Hall–Kier alpha value is 0.0700. The molecule has 1 amide bonds. The molecule has 1 aliphatic heterocycles. The summed E-state index contributed by atoms with van der Waals surface area (Å²) >= 11 is 1.77. The van der Waals surface area contributed by atoms with Crippen LogP contribution in [0.1, 0.15) is 26.7 Å². The van der Waals surface area contributed by atoms with E-state index in [0.717, 1.165) is 31.7 Å². The molecular weight excluding hydrogens is 244 g/mol. The second-order valence-corrected chi connectivity index (χ2v) is 5.58. The molecule has 0 aromatic rings. The fraction of sp³-hybridized carbons (Fsp3) is 0.909. The SMILES string of the molecule is CSCC(C)NC(=O)C1(C)CCCNC1.Cl. The van der Waals surface area contributed by atoms with Gasteiger partial charge in [-0.2, -0.15) is 11.8 Å². The first-order chi connectivity index (χ1) is 7.08. The minimum absolute atomic E-state index is 0. The molecule has 2 atom stereocenters. The molecule has 1 fully saturated rings. The molecule has 0 saturated carbocycles. The van der Waals surface area contributed by atoms with Crippen molar-refractivity contribution < 1.29 is 4.79 Å². The Morgan fingerprint density at radius 1 is 1.62 bits per heavy atom. The topological polar surface area (TPSA) is 41.1 Å². The van der Waals surface area contributed by atoms with Gasteiger partial charge in [0.2, 0.25) is 5.91 Å². The molecule has 2 N–H and O–H groups in total. The molecule has 96 valence electrons. The van der Waals surface area contributed by atoms with Crippen molar-refractivity contribution in [3.05, 3.63) is 0 Å². The van der Waals surface area contributed by atoms with E-state index in [0.29, 0.717) is 0 Å². The van der Waals surface area contributed by atoms with Gasteiger partial charge in [-0.1, -0.05) is 0 Å². The van der Waals surface area contributed by atoms with Crippen molar-refractivity contribution in [3.63, 3.8) is 0 Å². The summed E-state index contributed by atoms with van der Waals surface area (Å²) in [4.78, 5) is 12.0. The largest absolute Gasteiger partial charge is 0.352 e. The zero-order chi connectivity index (χ0) is 11.3. The number of hydrogen-bond acceptors (Lipinski definition) is 3. The van der Waals surface area contributed by atoms with Crippen LogP contribution in [0.4, 0.5) is 0 Å². The third-order valence-corrected chi connectivity index (χ3v) is 3.77. The molecule has 1 saturated heterocycles. The van der Waals surface area contributed by atoms with Gasteiger partial charge in [0.1, 0.15) is 0 Å². The summed E-state index contributed by atoms with van der Waals surface area (Å²) in [6, 6.07) is 0.270. The maximum atomic E-state index is 12.0. The number of nitrogens with one attached hydrogen (secondary N) is 2. The molecule has 1 aliphatic rings. The highest BCUT2D eigenvalue weighted by atomic mass is 35.5. The number of hydrogen-bond donors (Lipinski definition) is 2. The van der Waals surface area contributed by atoms with E-state index in [1.165, 1.54) is 0 Å². The lowest BCUT2D eigenvalue weighted by atomic mass is 9.82. The number of halogens is 1. The lowest BCUT2D eigenvalue weighted by Gasteiger charge is -2.33. The normalized spacial score (nSPS) is 26.7. The molecule has 0 aromatic heterocycles. The lowest BCUT2D eigenvalue weighted by molar-refractivity contribution is -0.131. The van der Waals surface area contributed by atoms with Gasteiger partial charge < -0.3 is 10.6 Å². The predicted octanol–water partition coefficient (Wildman–Crippen LogP) is 1.67. The molecule has 0 bridgehead atoms. The van der Waals surface area contributed by atoms with Crippen LogP contribution in [-0.4, -0.2) is 37.0 Å². The van der Waals surface area contributed by atoms with Crippen LogP contribution >= 0.6 is 24.2 Å². The second kappa shape index (κ2) is 7.41. The lowest BCUT2D eigenvalue weighted by Crippen LogP contribution is -2.51. The molecule has 5 heteroatoms. The molecular formula is C11H23ClN2OS. The quantitative estimate of drug-likeness (QED) is 0.813. The summed E-state index contributed by atoms with van der Waals surface area (Å²) < 4.78 is 0. The maximum Gasteiger partial charge on any atom is 0.227 e. The molecule has 0 radical (unpaired) electrons. The van der Waals surface area contributed by atoms with E-state index in [9.17, 15) is 4.79 Å². The predicted molar refractivity (Wildman–Crippen MR) is 73.4 cm³/mol. The zero-order valence-corrected chi connectivity index (χ0v) is 12.0. The van der Waals surface area contributed by atoms with Crippen LogP contribution in [0.15, 0.2) is 0 Å². The average Bonchev–Trinajstić information content (AvgIpc) is 2.19. The van der Waals surface area contributed by atoms with Crippen molar-refractivity contribution >= 4 is 30.1 Å². The number of thioether (sulfide) groups is 1. The molecule has 0 aliphatic carbocycles. The first kappa shape index (κ1) is 16.1. The van der Waals surface area contributed by atoms with Crippen LogP contribution in [0.2, 0.25) is 0 Å². The molecule has 1 rings (SSSR count). The summed E-state index contributed by atoms with van der Waals surface area (Å²) in [5.74, 6) is 1.19. The Morgan fingerprint density at radius 3 is 2.81 bits per heavy atom. The number of piperidine rings is 1. The Morgan fingerprint density at radius 2 is 2.31 bits per heavy atom. The van der Waals surface area contributed by atoms with E-state index in [-0.39, 0.29) is 29.8 Å². The maximum absolute atomic E-state index is 12.0. The minimum Gasteiger partial charge on any atom is -0.352 e. The number of carbonyl (C=O) groups excluding carboxylic acids is 1. The molecule has 1 heterocycles.